The monoisotopic (exact) mass is 359 g/mol. The Hall–Kier alpha value is -2.74. The molecule has 8 heteroatoms. The van der Waals surface area contributed by atoms with Gasteiger partial charge in [-0.1, -0.05) is 26.0 Å². The van der Waals surface area contributed by atoms with Gasteiger partial charge in [0.2, 0.25) is 5.91 Å². The molecule has 0 saturated carbocycles. The molecule has 140 valence electrons. The van der Waals surface area contributed by atoms with Crippen LogP contribution >= 0.6 is 0 Å². The molecule has 0 aliphatic rings. The molecule has 8 nitrogen and oxygen atoms in total. The van der Waals surface area contributed by atoms with Crippen molar-refractivity contribution in [3.05, 3.63) is 46.6 Å². The number of amides is 1. The maximum atomic E-state index is 12.2. The van der Waals surface area contributed by atoms with Gasteiger partial charge in [0.15, 0.2) is 0 Å². The molecule has 0 saturated heterocycles. The summed E-state index contributed by atoms with van der Waals surface area (Å²) in [6.07, 6.45) is 2.48. The highest BCUT2D eigenvalue weighted by atomic mass is 16.6. The lowest BCUT2D eigenvalue weighted by Gasteiger charge is -2.17. The summed E-state index contributed by atoms with van der Waals surface area (Å²) in [5.74, 6) is -0.125. The lowest BCUT2D eigenvalue weighted by atomic mass is 10.1. The number of non-ortho nitro benzene ring substituents is 1. The third-order valence-electron chi connectivity index (χ3n) is 4.23. The first-order valence-electron chi connectivity index (χ1n) is 8.80. The molecule has 1 amide bonds. The Balaban J connectivity index is 1.93. The summed E-state index contributed by atoms with van der Waals surface area (Å²) >= 11 is 0. The number of aromatic nitrogens is 2. The predicted octanol–water partition coefficient (Wildman–Crippen LogP) is 2.31. The van der Waals surface area contributed by atoms with E-state index in [9.17, 15) is 14.9 Å². The summed E-state index contributed by atoms with van der Waals surface area (Å²) in [6.45, 7) is 7.89. The van der Waals surface area contributed by atoms with Crippen molar-refractivity contribution in [2.75, 3.05) is 26.2 Å². The summed E-state index contributed by atoms with van der Waals surface area (Å²) in [6, 6.07) is 8.05. The largest absolute Gasteiger partial charge is 0.354 e. The Morgan fingerprint density at radius 3 is 2.77 bits per heavy atom. The number of nitro benzene ring substituents is 1. The standard InChI is InChI=1S/C18H25N5O3/c1-3-21(4-2)12-6-10-19-18(24)14-22-17(9-11-20-22)15-7-5-8-16(13-15)23(25)26/h5,7-9,11,13H,3-4,6,10,12,14H2,1-2H3,(H,19,24). The van der Waals surface area contributed by atoms with E-state index in [-0.39, 0.29) is 18.1 Å². The molecular formula is C18H25N5O3. The number of hydrogen-bond donors (Lipinski definition) is 1. The molecule has 2 rings (SSSR count). The van der Waals surface area contributed by atoms with E-state index in [0.717, 1.165) is 26.1 Å². The normalized spacial score (nSPS) is 10.9. The van der Waals surface area contributed by atoms with Crippen LogP contribution in [-0.2, 0) is 11.3 Å². The Morgan fingerprint density at radius 2 is 2.08 bits per heavy atom. The fourth-order valence-electron chi connectivity index (χ4n) is 2.74. The van der Waals surface area contributed by atoms with Crippen LogP contribution in [0.25, 0.3) is 11.3 Å². The zero-order valence-corrected chi connectivity index (χ0v) is 15.2. The zero-order chi connectivity index (χ0) is 18.9. The zero-order valence-electron chi connectivity index (χ0n) is 15.2. The highest BCUT2D eigenvalue weighted by Gasteiger charge is 2.12. The van der Waals surface area contributed by atoms with E-state index in [1.807, 2.05) is 0 Å². The van der Waals surface area contributed by atoms with Crippen molar-refractivity contribution in [2.45, 2.75) is 26.8 Å². The van der Waals surface area contributed by atoms with E-state index in [2.05, 4.69) is 29.2 Å². The molecule has 0 radical (unpaired) electrons. The second-order valence-corrected chi connectivity index (χ2v) is 5.91. The van der Waals surface area contributed by atoms with E-state index in [1.165, 1.54) is 12.1 Å². The van der Waals surface area contributed by atoms with E-state index < -0.39 is 4.92 Å². The second-order valence-electron chi connectivity index (χ2n) is 5.91. The van der Waals surface area contributed by atoms with Crippen LogP contribution in [-0.4, -0.2) is 51.7 Å². The first-order valence-corrected chi connectivity index (χ1v) is 8.80. The number of hydrogen-bond acceptors (Lipinski definition) is 5. The van der Waals surface area contributed by atoms with Gasteiger partial charge < -0.3 is 10.2 Å². The first-order chi connectivity index (χ1) is 12.5. The molecule has 26 heavy (non-hydrogen) atoms. The van der Waals surface area contributed by atoms with Gasteiger partial charge in [-0.25, -0.2) is 0 Å². The van der Waals surface area contributed by atoms with Gasteiger partial charge in [-0.3, -0.25) is 19.6 Å². The van der Waals surface area contributed by atoms with Crippen molar-refractivity contribution in [3.63, 3.8) is 0 Å². The fourth-order valence-corrected chi connectivity index (χ4v) is 2.74. The quantitative estimate of drug-likeness (QED) is 0.399. The van der Waals surface area contributed by atoms with Crippen LogP contribution in [0.4, 0.5) is 5.69 Å². The molecule has 2 aromatic rings. The number of nitrogens with zero attached hydrogens (tertiary/aromatic N) is 4. The summed E-state index contributed by atoms with van der Waals surface area (Å²) in [5, 5.41) is 18.0. The van der Waals surface area contributed by atoms with Gasteiger partial charge in [-0.2, -0.15) is 5.10 Å². The lowest BCUT2D eigenvalue weighted by Crippen LogP contribution is -2.32. The van der Waals surface area contributed by atoms with E-state index in [0.29, 0.717) is 17.8 Å². The van der Waals surface area contributed by atoms with Gasteiger partial charge in [0.1, 0.15) is 6.54 Å². The molecule has 0 aliphatic carbocycles. The first kappa shape index (κ1) is 19.6. The third-order valence-corrected chi connectivity index (χ3v) is 4.23. The van der Waals surface area contributed by atoms with Gasteiger partial charge in [0, 0.05) is 30.4 Å². The van der Waals surface area contributed by atoms with Crippen molar-refractivity contribution in [3.8, 4) is 11.3 Å². The van der Waals surface area contributed by atoms with Crippen molar-refractivity contribution < 1.29 is 9.72 Å². The van der Waals surface area contributed by atoms with Crippen LogP contribution in [0.1, 0.15) is 20.3 Å². The Labute approximate surface area is 153 Å². The highest BCUT2D eigenvalue weighted by molar-refractivity contribution is 5.76. The Morgan fingerprint density at radius 1 is 1.31 bits per heavy atom. The number of nitrogens with one attached hydrogen (secondary N) is 1. The average molecular weight is 359 g/mol. The minimum atomic E-state index is -0.438. The van der Waals surface area contributed by atoms with Crippen molar-refractivity contribution in [2.24, 2.45) is 0 Å². The number of benzene rings is 1. The number of nitro groups is 1. The average Bonchev–Trinajstić information content (AvgIpc) is 3.10. The SMILES string of the molecule is CCN(CC)CCCNC(=O)Cn1nccc1-c1cccc([N+](=O)[O-])c1. The van der Waals surface area contributed by atoms with Crippen molar-refractivity contribution in [1.29, 1.82) is 0 Å². The van der Waals surface area contributed by atoms with E-state index >= 15 is 0 Å². The molecule has 1 N–H and O–H groups in total. The molecule has 0 aliphatic heterocycles. The molecule has 1 aromatic carbocycles. The predicted molar refractivity (Wildman–Crippen MR) is 99.7 cm³/mol. The van der Waals surface area contributed by atoms with Crippen LogP contribution in [0.5, 0.6) is 0 Å². The summed E-state index contributed by atoms with van der Waals surface area (Å²) in [7, 11) is 0. The maximum absolute atomic E-state index is 12.2. The van der Waals surface area contributed by atoms with Crippen LogP contribution in [0.15, 0.2) is 36.5 Å². The van der Waals surface area contributed by atoms with Gasteiger partial charge in [0.05, 0.1) is 10.6 Å². The molecule has 0 bridgehead atoms. The molecule has 0 spiro atoms. The maximum Gasteiger partial charge on any atom is 0.270 e. The van der Waals surface area contributed by atoms with Gasteiger partial charge in [-0.05, 0) is 32.1 Å². The topological polar surface area (TPSA) is 93.3 Å². The van der Waals surface area contributed by atoms with E-state index in [4.69, 9.17) is 0 Å². The van der Waals surface area contributed by atoms with Crippen LogP contribution in [0.2, 0.25) is 0 Å². The van der Waals surface area contributed by atoms with Gasteiger partial charge in [-0.15, -0.1) is 0 Å². The summed E-state index contributed by atoms with van der Waals surface area (Å²) < 4.78 is 1.55. The smallest absolute Gasteiger partial charge is 0.270 e. The number of carbonyl (C=O) groups excluding carboxylic acids is 1. The van der Waals surface area contributed by atoms with Gasteiger partial charge >= 0.3 is 0 Å². The van der Waals surface area contributed by atoms with Crippen LogP contribution in [0.3, 0.4) is 0 Å². The third kappa shape index (κ3) is 5.38. The van der Waals surface area contributed by atoms with Crippen molar-refractivity contribution >= 4 is 11.6 Å². The van der Waals surface area contributed by atoms with E-state index in [1.54, 1.807) is 29.1 Å². The lowest BCUT2D eigenvalue weighted by molar-refractivity contribution is -0.384. The number of rotatable bonds is 10. The molecule has 0 unspecified atom stereocenters. The molecule has 0 fully saturated rings. The molecule has 1 heterocycles. The van der Waals surface area contributed by atoms with Crippen LogP contribution < -0.4 is 5.32 Å². The minimum Gasteiger partial charge on any atom is -0.354 e. The minimum absolute atomic E-state index is 0.0103. The second kappa shape index (κ2) is 9.67. The fraction of sp³-hybridized carbons (Fsp3) is 0.444. The summed E-state index contributed by atoms with van der Waals surface area (Å²) in [5.41, 5.74) is 1.34. The van der Waals surface area contributed by atoms with Crippen molar-refractivity contribution in [1.82, 2.24) is 20.0 Å². The number of carbonyl (C=O) groups is 1. The molecule has 1 aromatic heterocycles. The highest BCUT2D eigenvalue weighted by Crippen LogP contribution is 2.23. The Bertz CT molecular complexity index is 740. The van der Waals surface area contributed by atoms with Crippen LogP contribution in [0, 0.1) is 10.1 Å². The summed E-state index contributed by atoms with van der Waals surface area (Å²) in [4.78, 5) is 25.0. The molecule has 0 atom stereocenters. The Kier molecular flexibility index (Phi) is 7.28. The van der Waals surface area contributed by atoms with Gasteiger partial charge in [0.25, 0.3) is 5.69 Å². The molecular weight excluding hydrogens is 334 g/mol.